The molecule has 0 saturated carbocycles. The topological polar surface area (TPSA) is 147 Å². The summed E-state index contributed by atoms with van der Waals surface area (Å²) in [5.41, 5.74) is 1.85. The van der Waals surface area contributed by atoms with E-state index in [0.717, 1.165) is 16.9 Å². The van der Waals surface area contributed by atoms with Gasteiger partial charge in [-0.3, -0.25) is 4.79 Å². The first kappa shape index (κ1) is 27.5. The highest BCUT2D eigenvalue weighted by Crippen LogP contribution is 2.31. The van der Waals surface area contributed by atoms with Crippen molar-refractivity contribution in [3.8, 4) is 11.1 Å². The Morgan fingerprint density at radius 1 is 1.05 bits per heavy atom. The van der Waals surface area contributed by atoms with Gasteiger partial charge in [-0.1, -0.05) is 0 Å². The van der Waals surface area contributed by atoms with E-state index >= 15 is 0 Å². The first-order valence-electron chi connectivity index (χ1n) is 14.1. The Morgan fingerprint density at radius 3 is 2.55 bits per heavy atom. The van der Waals surface area contributed by atoms with Gasteiger partial charge < -0.3 is 34.8 Å². The number of aromatic nitrogens is 4. The van der Waals surface area contributed by atoms with Crippen LogP contribution >= 0.6 is 0 Å². The summed E-state index contributed by atoms with van der Waals surface area (Å²) in [5.74, 6) is 1.38. The van der Waals surface area contributed by atoms with Gasteiger partial charge in [0.1, 0.15) is 23.3 Å². The Labute approximate surface area is 243 Å². The van der Waals surface area contributed by atoms with Crippen LogP contribution in [0.1, 0.15) is 27.2 Å². The minimum atomic E-state index is -0.534. The Morgan fingerprint density at radius 2 is 1.83 bits per heavy atom. The summed E-state index contributed by atoms with van der Waals surface area (Å²) in [5, 5.41) is 10.6. The number of nitrogens with zero attached hydrogens (tertiary/aromatic N) is 7. The Balaban J connectivity index is 1.11. The number of hydrogen-bond acceptors (Lipinski definition) is 10. The summed E-state index contributed by atoms with van der Waals surface area (Å²) in [6.07, 6.45) is 4.47. The minimum Gasteiger partial charge on any atom is -0.444 e. The van der Waals surface area contributed by atoms with Gasteiger partial charge >= 0.3 is 12.2 Å². The highest BCUT2D eigenvalue weighted by Gasteiger charge is 2.34. The lowest BCUT2D eigenvalue weighted by Gasteiger charge is -2.40. The van der Waals surface area contributed by atoms with E-state index in [1.807, 2.05) is 45.2 Å². The number of likely N-dealkylation sites (tertiary alicyclic amines) is 1. The molecule has 14 nitrogen and oxygen atoms in total. The number of pyridine rings is 1. The fraction of sp³-hybridized carbons (Fsp3) is 0.500. The summed E-state index contributed by atoms with van der Waals surface area (Å²) < 4.78 is 12.7. The van der Waals surface area contributed by atoms with Crippen molar-refractivity contribution in [2.24, 2.45) is 0 Å². The number of anilines is 2. The average Bonchev–Trinajstić information content (AvgIpc) is 3.55. The molecule has 14 heteroatoms. The second kappa shape index (κ2) is 11.0. The molecule has 3 fully saturated rings. The van der Waals surface area contributed by atoms with E-state index in [-0.39, 0.29) is 24.5 Å². The zero-order valence-corrected chi connectivity index (χ0v) is 23.9. The highest BCUT2D eigenvalue weighted by atomic mass is 16.6. The third-order valence-corrected chi connectivity index (χ3v) is 7.40. The number of carbonyl (C=O) groups is 3. The number of carbonyl (C=O) groups excluding carboxylic acids is 3. The van der Waals surface area contributed by atoms with Gasteiger partial charge in [0.25, 0.3) is 0 Å². The van der Waals surface area contributed by atoms with Gasteiger partial charge in [-0.2, -0.15) is 5.10 Å². The van der Waals surface area contributed by atoms with E-state index in [2.05, 4.69) is 25.6 Å². The summed E-state index contributed by atoms with van der Waals surface area (Å²) in [6, 6.07) is 5.81. The second-order valence-electron chi connectivity index (χ2n) is 11.7. The van der Waals surface area contributed by atoms with Crippen LogP contribution in [0.4, 0.5) is 21.2 Å². The van der Waals surface area contributed by atoms with Crippen molar-refractivity contribution in [3.05, 3.63) is 36.8 Å². The van der Waals surface area contributed by atoms with Gasteiger partial charge in [0.05, 0.1) is 30.8 Å². The maximum atomic E-state index is 12.6. The summed E-state index contributed by atoms with van der Waals surface area (Å²) >= 11 is 0. The summed E-state index contributed by atoms with van der Waals surface area (Å²) in [6.45, 7) is 9.15. The van der Waals surface area contributed by atoms with E-state index in [4.69, 9.17) is 14.5 Å². The van der Waals surface area contributed by atoms with Gasteiger partial charge in [0.15, 0.2) is 5.65 Å². The number of piperazine rings is 1. The molecule has 2 N–H and O–H groups in total. The van der Waals surface area contributed by atoms with Crippen molar-refractivity contribution in [3.63, 3.8) is 0 Å². The molecule has 3 aromatic heterocycles. The largest absolute Gasteiger partial charge is 0.444 e. The highest BCUT2D eigenvalue weighted by molar-refractivity contribution is 5.85. The number of fused-ring (bicyclic) bond motifs is 1. The van der Waals surface area contributed by atoms with Gasteiger partial charge in [0, 0.05) is 57.2 Å². The van der Waals surface area contributed by atoms with Gasteiger partial charge in [-0.25, -0.2) is 24.1 Å². The van der Waals surface area contributed by atoms with Crippen LogP contribution in [0.2, 0.25) is 0 Å². The van der Waals surface area contributed by atoms with Crippen molar-refractivity contribution in [1.82, 2.24) is 34.7 Å². The minimum absolute atomic E-state index is 0.0462. The molecular weight excluding hydrogens is 542 g/mol. The molecule has 0 unspecified atom stereocenters. The molecule has 222 valence electrons. The Hall–Kier alpha value is -4.62. The average molecular weight is 578 g/mol. The van der Waals surface area contributed by atoms with Crippen molar-refractivity contribution >= 4 is 35.4 Å². The molecule has 42 heavy (non-hydrogen) atoms. The summed E-state index contributed by atoms with van der Waals surface area (Å²) in [7, 11) is 0. The molecule has 1 atom stereocenters. The lowest BCUT2D eigenvalue weighted by Crippen LogP contribution is -2.58. The molecule has 6 heterocycles. The van der Waals surface area contributed by atoms with E-state index < -0.39 is 17.8 Å². The Kier molecular flexibility index (Phi) is 7.21. The van der Waals surface area contributed by atoms with Gasteiger partial charge in [-0.05, 0) is 39.0 Å². The fourth-order valence-corrected chi connectivity index (χ4v) is 5.20. The first-order chi connectivity index (χ1) is 20.1. The molecule has 6 rings (SSSR count). The number of rotatable bonds is 5. The lowest BCUT2D eigenvalue weighted by molar-refractivity contribution is -0.119. The normalized spacial score (nSPS) is 19.5. The smallest absolute Gasteiger partial charge is 0.410 e. The molecule has 3 aliphatic rings. The number of hydrogen-bond donors (Lipinski definition) is 2. The predicted octanol–water partition coefficient (Wildman–Crippen LogP) is 1.97. The van der Waals surface area contributed by atoms with E-state index in [9.17, 15) is 14.4 Å². The molecule has 3 aliphatic heterocycles. The fourth-order valence-electron chi connectivity index (χ4n) is 5.20. The third kappa shape index (κ3) is 5.87. The van der Waals surface area contributed by atoms with E-state index in [1.54, 1.807) is 26.7 Å². The molecule has 0 bridgehead atoms. The first-order valence-corrected chi connectivity index (χ1v) is 14.1. The zero-order chi connectivity index (χ0) is 29.4. The van der Waals surface area contributed by atoms with Crippen LogP contribution in [0.3, 0.4) is 0 Å². The quantitative estimate of drug-likeness (QED) is 0.461. The number of ether oxygens (including phenoxy) is 2. The van der Waals surface area contributed by atoms with Crippen molar-refractivity contribution in [2.45, 2.75) is 44.9 Å². The van der Waals surface area contributed by atoms with Crippen LogP contribution < -0.4 is 15.5 Å². The van der Waals surface area contributed by atoms with Crippen LogP contribution in [0.5, 0.6) is 0 Å². The molecule has 3 amide bonds. The lowest BCUT2D eigenvalue weighted by atomic mass is 10.1. The molecule has 3 saturated heterocycles. The zero-order valence-electron chi connectivity index (χ0n) is 23.9. The van der Waals surface area contributed by atoms with Crippen molar-refractivity contribution in [2.75, 3.05) is 56.0 Å². The number of nitrogens with one attached hydrogen (secondary N) is 2. The molecule has 0 aliphatic carbocycles. The van der Waals surface area contributed by atoms with Crippen LogP contribution in [0.15, 0.2) is 36.8 Å². The van der Waals surface area contributed by atoms with Crippen molar-refractivity contribution < 1.29 is 23.9 Å². The summed E-state index contributed by atoms with van der Waals surface area (Å²) in [4.78, 5) is 51.3. The molecular formula is C28H35N9O5. The number of amides is 3. The van der Waals surface area contributed by atoms with Gasteiger partial charge in [0.2, 0.25) is 5.91 Å². The molecule has 0 radical (unpaired) electrons. The SMILES string of the molecule is CC(C)(C)OC(=O)N1CC(Nc2ncccc2-c2cnn3ccc(N4CCN(C(=O)O[C@@H]5CNC(=O)C5)CC4)nc23)C1. The molecule has 0 spiro atoms. The van der Waals surface area contributed by atoms with E-state index in [0.29, 0.717) is 57.3 Å². The van der Waals surface area contributed by atoms with Crippen LogP contribution in [0.25, 0.3) is 16.8 Å². The third-order valence-electron chi connectivity index (χ3n) is 7.40. The predicted molar refractivity (Wildman–Crippen MR) is 153 cm³/mol. The Bertz CT molecular complexity index is 1490. The van der Waals surface area contributed by atoms with Crippen LogP contribution in [-0.2, 0) is 14.3 Å². The monoisotopic (exact) mass is 577 g/mol. The molecule has 3 aromatic rings. The maximum Gasteiger partial charge on any atom is 0.410 e. The molecule has 0 aromatic carbocycles. The van der Waals surface area contributed by atoms with Crippen molar-refractivity contribution in [1.29, 1.82) is 0 Å². The van der Waals surface area contributed by atoms with Crippen LogP contribution in [-0.4, -0.2) is 111 Å². The second-order valence-corrected chi connectivity index (χ2v) is 11.7. The maximum absolute atomic E-state index is 12.6. The van der Waals surface area contributed by atoms with E-state index in [1.165, 1.54) is 0 Å². The standard InChI is InChI=1S/C28H35N9O5/c1-28(2,3)42-27(40)36-16-18(17-36)32-24-20(5-4-7-29-24)21-15-31-37-8-6-22(33-25(21)37)34-9-11-35(12-10-34)26(39)41-19-13-23(38)30-14-19/h4-8,15,18-19H,9-14,16-17H2,1-3H3,(H,29,32)(H,30,38)/t19-/m0/s1. The van der Waals surface area contributed by atoms with Crippen LogP contribution in [0, 0.1) is 0 Å². The van der Waals surface area contributed by atoms with Gasteiger partial charge in [-0.15, -0.1) is 0 Å².